The molecule has 1 fully saturated rings. The standard InChI is InChI=1S/C9H18O2/c1-7(2)8-5-11-9(3,4)6-10-8/h7-8H,5-6H2,1-4H3/t8-/m1/s1. The Bertz CT molecular complexity index is 120. The zero-order valence-corrected chi connectivity index (χ0v) is 7.89. The van der Waals surface area contributed by atoms with E-state index in [1.807, 2.05) is 0 Å². The van der Waals surface area contributed by atoms with E-state index in [-0.39, 0.29) is 5.60 Å². The van der Waals surface area contributed by atoms with Crippen LogP contribution in [0.5, 0.6) is 0 Å². The average Bonchev–Trinajstić information content (AvgIpc) is 1.86. The summed E-state index contributed by atoms with van der Waals surface area (Å²) in [6.45, 7) is 9.90. The van der Waals surface area contributed by atoms with Gasteiger partial charge >= 0.3 is 0 Å². The van der Waals surface area contributed by atoms with Crippen molar-refractivity contribution in [1.29, 1.82) is 0 Å². The van der Waals surface area contributed by atoms with Gasteiger partial charge < -0.3 is 9.47 Å². The fourth-order valence-electron chi connectivity index (χ4n) is 1.09. The van der Waals surface area contributed by atoms with Crippen molar-refractivity contribution in [1.82, 2.24) is 0 Å². The van der Waals surface area contributed by atoms with E-state index >= 15 is 0 Å². The SMILES string of the molecule is CC(C)[C@H]1COC(C)(C)CO1. The van der Waals surface area contributed by atoms with E-state index < -0.39 is 0 Å². The maximum atomic E-state index is 5.63. The molecule has 0 amide bonds. The van der Waals surface area contributed by atoms with Gasteiger partial charge in [0.1, 0.15) is 0 Å². The Hall–Kier alpha value is -0.0800. The summed E-state index contributed by atoms with van der Waals surface area (Å²) in [5, 5.41) is 0. The summed E-state index contributed by atoms with van der Waals surface area (Å²) in [5.74, 6) is 0.561. The van der Waals surface area contributed by atoms with Crippen LogP contribution < -0.4 is 0 Å². The smallest absolute Gasteiger partial charge is 0.0860 e. The van der Waals surface area contributed by atoms with Crippen LogP contribution in [-0.4, -0.2) is 24.9 Å². The topological polar surface area (TPSA) is 18.5 Å². The van der Waals surface area contributed by atoms with Crippen LogP contribution in [-0.2, 0) is 9.47 Å². The average molecular weight is 158 g/mol. The second kappa shape index (κ2) is 3.11. The number of hydrogen-bond acceptors (Lipinski definition) is 2. The molecule has 0 radical (unpaired) electrons. The molecule has 0 aromatic heterocycles. The normalized spacial score (nSPS) is 30.8. The molecule has 0 bridgehead atoms. The van der Waals surface area contributed by atoms with E-state index in [0.717, 1.165) is 13.2 Å². The molecule has 1 atom stereocenters. The fourth-order valence-corrected chi connectivity index (χ4v) is 1.09. The largest absolute Gasteiger partial charge is 0.373 e. The van der Waals surface area contributed by atoms with Gasteiger partial charge in [-0.3, -0.25) is 0 Å². The number of ether oxygens (including phenoxy) is 2. The lowest BCUT2D eigenvalue weighted by molar-refractivity contribution is -0.185. The Morgan fingerprint density at radius 1 is 1.36 bits per heavy atom. The third-order valence-corrected chi connectivity index (χ3v) is 2.03. The van der Waals surface area contributed by atoms with Crippen LogP contribution in [0.25, 0.3) is 0 Å². The molecule has 0 N–H and O–H groups in total. The van der Waals surface area contributed by atoms with Crippen LogP contribution in [0.1, 0.15) is 27.7 Å². The number of hydrogen-bond donors (Lipinski definition) is 0. The van der Waals surface area contributed by atoms with Crippen LogP contribution in [0.2, 0.25) is 0 Å². The molecule has 2 heteroatoms. The molecule has 1 heterocycles. The molecule has 1 saturated heterocycles. The van der Waals surface area contributed by atoms with Crippen LogP contribution in [0, 0.1) is 5.92 Å². The van der Waals surface area contributed by atoms with Crippen molar-refractivity contribution in [3.05, 3.63) is 0 Å². The van der Waals surface area contributed by atoms with Crippen LogP contribution in [0.4, 0.5) is 0 Å². The van der Waals surface area contributed by atoms with Gasteiger partial charge in [0.15, 0.2) is 0 Å². The summed E-state index contributed by atoms with van der Waals surface area (Å²) < 4.78 is 11.2. The lowest BCUT2D eigenvalue weighted by Crippen LogP contribution is -2.44. The zero-order valence-electron chi connectivity index (χ0n) is 7.89. The molecule has 0 unspecified atom stereocenters. The van der Waals surface area contributed by atoms with Gasteiger partial charge in [0.05, 0.1) is 24.9 Å². The third kappa shape index (κ3) is 2.46. The van der Waals surface area contributed by atoms with Crippen molar-refractivity contribution in [3.8, 4) is 0 Å². The molecule has 0 aliphatic carbocycles. The molecular weight excluding hydrogens is 140 g/mol. The van der Waals surface area contributed by atoms with Crippen molar-refractivity contribution in [2.45, 2.75) is 39.4 Å². The molecule has 1 aliphatic heterocycles. The zero-order chi connectivity index (χ0) is 8.48. The summed E-state index contributed by atoms with van der Waals surface area (Å²) in [7, 11) is 0. The van der Waals surface area contributed by atoms with Crippen LogP contribution >= 0.6 is 0 Å². The highest BCUT2D eigenvalue weighted by molar-refractivity contribution is 4.76. The predicted molar refractivity (Wildman–Crippen MR) is 44.6 cm³/mol. The van der Waals surface area contributed by atoms with Gasteiger partial charge in [-0.15, -0.1) is 0 Å². The first-order valence-corrected chi connectivity index (χ1v) is 4.27. The Balaban J connectivity index is 2.36. The van der Waals surface area contributed by atoms with Gasteiger partial charge in [-0.1, -0.05) is 13.8 Å². The van der Waals surface area contributed by atoms with Crippen molar-refractivity contribution >= 4 is 0 Å². The van der Waals surface area contributed by atoms with Crippen molar-refractivity contribution < 1.29 is 9.47 Å². The third-order valence-electron chi connectivity index (χ3n) is 2.03. The molecule has 66 valence electrons. The quantitative estimate of drug-likeness (QED) is 0.579. The molecule has 1 aliphatic rings. The van der Waals surface area contributed by atoms with Gasteiger partial charge in [-0.2, -0.15) is 0 Å². The molecule has 0 spiro atoms. The predicted octanol–water partition coefficient (Wildman–Crippen LogP) is 1.84. The first-order valence-electron chi connectivity index (χ1n) is 4.27. The van der Waals surface area contributed by atoms with E-state index in [4.69, 9.17) is 9.47 Å². The summed E-state index contributed by atoms with van der Waals surface area (Å²) in [6.07, 6.45) is 0.294. The lowest BCUT2D eigenvalue weighted by Gasteiger charge is -2.36. The highest BCUT2D eigenvalue weighted by Crippen LogP contribution is 2.20. The van der Waals surface area contributed by atoms with Crippen molar-refractivity contribution in [3.63, 3.8) is 0 Å². The highest BCUT2D eigenvalue weighted by atomic mass is 16.6. The van der Waals surface area contributed by atoms with Crippen LogP contribution in [0.15, 0.2) is 0 Å². The summed E-state index contributed by atoms with van der Waals surface area (Å²) >= 11 is 0. The van der Waals surface area contributed by atoms with Gasteiger partial charge in [0.25, 0.3) is 0 Å². The molecular formula is C9H18O2. The second-order valence-corrected chi connectivity index (χ2v) is 4.16. The number of rotatable bonds is 1. The first-order chi connectivity index (χ1) is 5.01. The van der Waals surface area contributed by atoms with E-state index in [9.17, 15) is 0 Å². The summed E-state index contributed by atoms with van der Waals surface area (Å²) in [5.41, 5.74) is -0.0780. The van der Waals surface area contributed by atoms with Gasteiger partial charge in [0, 0.05) is 0 Å². The Morgan fingerprint density at radius 2 is 2.00 bits per heavy atom. The second-order valence-electron chi connectivity index (χ2n) is 4.16. The Kier molecular flexibility index (Phi) is 2.55. The molecule has 11 heavy (non-hydrogen) atoms. The maximum absolute atomic E-state index is 5.63. The minimum absolute atomic E-state index is 0.0780. The van der Waals surface area contributed by atoms with Crippen molar-refractivity contribution in [2.24, 2.45) is 5.92 Å². The fraction of sp³-hybridized carbons (Fsp3) is 1.00. The Morgan fingerprint density at radius 3 is 2.36 bits per heavy atom. The van der Waals surface area contributed by atoms with E-state index in [0.29, 0.717) is 12.0 Å². The monoisotopic (exact) mass is 158 g/mol. The lowest BCUT2D eigenvalue weighted by atomic mass is 10.0. The molecule has 2 nitrogen and oxygen atoms in total. The first kappa shape index (κ1) is 9.01. The Labute approximate surface area is 68.9 Å². The molecule has 0 aromatic carbocycles. The molecule has 1 rings (SSSR count). The summed E-state index contributed by atoms with van der Waals surface area (Å²) in [4.78, 5) is 0. The molecule has 0 aromatic rings. The van der Waals surface area contributed by atoms with Gasteiger partial charge in [-0.25, -0.2) is 0 Å². The van der Waals surface area contributed by atoms with Gasteiger partial charge in [0.2, 0.25) is 0 Å². The molecule has 0 saturated carbocycles. The highest BCUT2D eigenvalue weighted by Gasteiger charge is 2.29. The minimum atomic E-state index is -0.0780. The minimum Gasteiger partial charge on any atom is -0.373 e. The van der Waals surface area contributed by atoms with E-state index in [1.165, 1.54) is 0 Å². The van der Waals surface area contributed by atoms with E-state index in [2.05, 4.69) is 27.7 Å². The van der Waals surface area contributed by atoms with Gasteiger partial charge in [-0.05, 0) is 19.8 Å². The van der Waals surface area contributed by atoms with Crippen molar-refractivity contribution in [2.75, 3.05) is 13.2 Å². The van der Waals surface area contributed by atoms with E-state index in [1.54, 1.807) is 0 Å². The maximum Gasteiger partial charge on any atom is 0.0860 e. The summed E-state index contributed by atoms with van der Waals surface area (Å²) in [6, 6.07) is 0. The van der Waals surface area contributed by atoms with Crippen LogP contribution in [0.3, 0.4) is 0 Å².